The van der Waals surface area contributed by atoms with E-state index in [2.05, 4.69) is 37.2 Å². The van der Waals surface area contributed by atoms with Gasteiger partial charge in [-0.15, -0.1) is 0 Å². The van der Waals surface area contributed by atoms with Gasteiger partial charge in [0, 0.05) is 10.5 Å². The second-order valence-corrected chi connectivity index (χ2v) is 7.33. The standard InChI is InChI=1S/C19H23BrN4O/c1-15(16-6-2-3-7-17(16)20)22-19(25)14-23-10-12-24(13-11-23)18-8-4-5-9-21-18/h2-9,15H,10-14H2,1H3,(H,22,25)/p+2/t15-/m1/s1. The van der Waals surface area contributed by atoms with E-state index in [0.29, 0.717) is 6.54 Å². The molecular weight excluding hydrogens is 380 g/mol. The number of anilines is 1. The summed E-state index contributed by atoms with van der Waals surface area (Å²) < 4.78 is 1.03. The van der Waals surface area contributed by atoms with Crippen molar-refractivity contribution in [1.82, 2.24) is 5.32 Å². The predicted octanol–water partition coefficient (Wildman–Crippen LogP) is 0.846. The number of H-pyrrole nitrogens is 1. The van der Waals surface area contributed by atoms with E-state index < -0.39 is 0 Å². The third kappa shape index (κ3) is 4.80. The highest BCUT2D eigenvalue weighted by atomic mass is 79.9. The molecule has 1 aliphatic rings. The Hall–Kier alpha value is -1.92. The van der Waals surface area contributed by atoms with E-state index in [9.17, 15) is 4.79 Å². The van der Waals surface area contributed by atoms with Crippen LogP contribution in [0.3, 0.4) is 0 Å². The molecule has 1 fully saturated rings. The molecule has 0 unspecified atom stereocenters. The Labute approximate surface area is 157 Å². The summed E-state index contributed by atoms with van der Waals surface area (Å²) in [6.45, 7) is 6.42. The van der Waals surface area contributed by atoms with Gasteiger partial charge < -0.3 is 10.2 Å². The van der Waals surface area contributed by atoms with Gasteiger partial charge in [0.25, 0.3) is 11.7 Å². The van der Waals surface area contributed by atoms with Gasteiger partial charge in [0.15, 0.2) is 6.54 Å². The van der Waals surface area contributed by atoms with Crippen molar-refractivity contribution >= 4 is 27.7 Å². The zero-order valence-corrected chi connectivity index (χ0v) is 16.1. The predicted molar refractivity (Wildman–Crippen MR) is 101 cm³/mol. The molecule has 0 bridgehead atoms. The largest absolute Gasteiger partial charge is 0.345 e. The number of hydrogen-bond acceptors (Lipinski definition) is 2. The normalized spacial score (nSPS) is 16.5. The first-order valence-corrected chi connectivity index (χ1v) is 9.52. The van der Waals surface area contributed by atoms with E-state index in [0.717, 1.165) is 42.0 Å². The maximum Gasteiger partial charge on any atom is 0.275 e. The van der Waals surface area contributed by atoms with Crippen molar-refractivity contribution in [1.29, 1.82) is 0 Å². The van der Waals surface area contributed by atoms with Gasteiger partial charge in [-0.3, -0.25) is 9.69 Å². The number of piperazine rings is 1. The molecular formula is C19H25BrN4O+2. The van der Waals surface area contributed by atoms with Crippen LogP contribution >= 0.6 is 15.9 Å². The minimum Gasteiger partial charge on any atom is -0.345 e. The molecule has 6 heteroatoms. The molecule has 0 aliphatic carbocycles. The lowest BCUT2D eigenvalue weighted by Gasteiger charge is -2.28. The first-order chi connectivity index (χ1) is 12.1. The fourth-order valence-corrected chi connectivity index (χ4v) is 3.87. The van der Waals surface area contributed by atoms with Crippen molar-refractivity contribution in [2.45, 2.75) is 13.0 Å². The van der Waals surface area contributed by atoms with Crippen LogP contribution in [0.5, 0.6) is 0 Å². The lowest BCUT2D eigenvalue weighted by atomic mass is 10.1. The molecule has 3 N–H and O–H groups in total. The SMILES string of the molecule is C[C@@H](NC(=O)C[NH+]1CCN(c2cccc[nH+]2)CC1)c1ccccc1Br. The van der Waals surface area contributed by atoms with Crippen LogP contribution in [0.15, 0.2) is 53.1 Å². The van der Waals surface area contributed by atoms with E-state index in [1.165, 1.54) is 4.90 Å². The summed E-state index contributed by atoms with van der Waals surface area (Å²) in [6, 6.07) is 14.1. The van der Waals surface area contributed by atoms with Crippen molar-refractivity contribution in [3.05, 3.63) is 58.7 Å². The molecule has 1 aliphatic heterocycles. The highest BCUT2D eigenvalue weighted by molar-refractivity contribution is 9.10. The van der Waals surface area contributed by atoms with Gasteiger partial charge >= 0.3 is 0 Å². The summed E-state index contributed by atoms with van der Waals surface area (Å²) in [5.74, 6) is 1.26. The maximum absolute atomic E-state index is 12.4. The van der Waals surface area contributed by atoms with Crippen molar-refractivity contribution in [2.75, 3.05) is 37.6 Å². The molecule has 1 aromatic carbocycles. The van der Waals surface area contributed by atoms with E-state index in [-0.39, 0.29) is 11.9 Å². The number of carbonyl (C=O) groups is 1. The Morgan fingerprint density at radius 3 is 2.64 bits per heavy atom. The smallest absolute Gasteiger partial charge is 0.275 e. The summed E-state index contributed by atoms with van der Waals surface area (Å²) in [6.07, 6.45) is 1.95. The van der Waals surface area contributed by atoms with Crippen LogP contribution in [-0.2, 0) is 4.79 Å². The average Bonchev–Trinajstić information content (AvgIpc) is 2.63. The van der Waals surface area contributed by atoms with E-state index in [1.54, 1.807) is 0 Å². The van der Waals surface area contributed by atoms with Crippen LogP contribution < -0.4 is 20.1 Å². The van der Waals surface area contributed by atoms with Crippen LogP contribution in [0.25, 0.3) is 0 Å². The zero-order valence-electron chi connectivity index (χ0n) is 14.5. The number of nitrogens with zero attached hydrogens (tertiary/aromatic N) is 1. The molecule has 0 saturated carbocycles. The first-order valence-electron chi connectivity index (χ1n) is 8.72. The van der Waals surface area contributed by atoms with Crippen molar-refractivity contribution in [3.8, 4) is 0 Å². The van der Waals surface area contributed by atoms with Crippen molar-refractivity contribution in [2.24, 2.45) is 0 Å². The van der Waals surface area contributed by atoms with Gasteiger partial charge in [0.1, 0.15) is 26.2 Å². The van der Waals surface area contributed by atoms with Crippen molar-refractivity contribution in [3.63, 3.8) is 0 Å². The molecule has 25 heavy (non-hydrogen) atoms. The molecule has 1 atom stereocenters. The minimum absolute atomic E-state index is 0.00248. The summed E-state index contributed by atoms with van der Waals surface area (Å²) >= 11 is 3.55. The molecule has 132 valence electrons. The number of hydrogen-bond donors (Lipinski definition) is 2. The number of aromatic nitrogens is 1. The first kappa shape index (κ1) is 17.9. The zero-order chi connectivity index (χ0) is 17.6. The molecule has 5 nitrogen and oxygen atoms in total. The number of halogens is 1. The van der Waals surface area contributed by atoms with Crippen LogP contribution in [0.4, 0.5) is 5.82 Å². The van der Waals surface area contributed by atoms with Crippen LogP contribution in [0.1, 0.15) is 18.5 Å². The minimum atomic E-state index is 0.00248. The number of nitrogens with one attached hydrogen (secondary N) is 3. The fourth-order valence-electron chi connectivity index (χ4n) is 3.24. The molecule has 3 rings (SSSR count). The quantitative estimate of drug-likeness (QED) is 0.775. The van der Waals surface area contributed by atoms with Gasteiger partial charge in [-0.05, 0) is 24.6 Å². The van der Waals surface area contributed by atoms with Gasteiger partial charge in [-0.25, -0.2) is 4.98 Å². The average molecular weight is 405 g/mol. The van der Waals surface area contributed by atoms with Crippen LogP contribution in [0.2, 0.25) is 0 Å². The Morgan fingerprint density at radius 2 is 1.96 bits per heavy atom. The van der Waals surface area contributed by atoms with Gasteiger partial charge in [0.2, 0.25) is 0 Å². The highest BCUT2D eigenvalue weighted by Gasteiger charge is 2.27. The van der Waals surface area contributed by atoms with E-state index in [4.69, 9.17) is 0 Å². The highest BCUT2D eigenvalue weighted by Crippen LogP contribution is 2.22. The number of carbonyl (C=O) groups excluding carboxylic acids is 1. The number of benzene rings is 1. The molecule has 1 amide bonds. The topological polar surface area (TPSA) is 50.9 Å². The summed E-state index contributed by atoms with van der Waals surface area (Å²) in [5, 5.41) is 3.12. The van der Waals surface area contributed by atoms with Gasteiger partial charge in [-0.2, -0.15) is 0 Å². The Bertz CT molecular complexity index is 702. The second-order valence-electron chi connectivity index (χ2n) is 6.47. The number of amides is 1. The van der Waals surface area contributed by atoms with Crippen molar-refractivity contribution < 1.29 is 14.7 Å². The fraction of sp³-hybridized carbons (Fsp3) is 0.368. The Balaban J connectivity index is 1.47. The number of quaternary nitrogens is 1. The molecule has 0 spiro atoms. The summed E-state index contributed by atoms with van der Waals surface area (Å²) in [7, 11) is 0. The molecule has 1 saturated heterocycles. The monoisotopic (exact) mass is 404 g/mol. The van der Waals surface area contributed by atoms with E-state index >= 15 is 0 Å². The second kappa shape index (κ2) is 8.45. The third-order valence-electron chi connectivity index (χ3n) is 4.66. The summed E-state index contributed by atoms with van der Waals surface area (Å²) in [4.78, 5) is 19.3. The van der Waals surface area contributed by atoms with Crippen LogP contribution in [0, 0.1) is 0 Å². The molecule has 2 heterocycles. The maximum atomic E-state index is 12.4. The Morgan fingerprint density at radius 1 is 1.24 bits per heavy atom. The third-order valence-corrected chi connectivity index (χ3v) is 5.39. The lowest BCUT2D eigenvalue weighted by molar-refractivity contribution is -0.892. The lowest BCUT2D eigenvalue weighted by Crippen LogP contribution is -3.16. The van der Waals surface area contributed by atoms with E-state index in [1.807, 2.05) is 49.5 Å². The number of pyridine rings is 1. The number of rotatable bonds is 5. The number of aromatic amines is 1. The molecule has 2 aromatic rings. The summed E-state index contributed by atoms with van der Waals surface area (Å²) in [5.41, 5.74) is 1.11. The molecule has 1 aromatic heterocycles. The van der Waals surface area contributed by atoms with Crippen LogP contribution in [-0.4, -0.2) is 38.6 Å². The van der Waals surface area contributed by atoms with Gasteiger partial charge in [-0.1, -0.05) is 40.2 Å². The Kier molecular flexibility index (Phi) is 6.04. The van der Waals surface area contributed by atoms with Gasteiger partial charge in [0.05, 0.1) is 12.2 Å². The molecule has 0 radical (unpaired) electrons.